The number of esters is 2. The number of carbonyl (C=O) groups is 2. The highest BCUT2D eigenvalue weighted by Gasteiger charge is 2.33. The van der Waals surface area contributed by atoms with Crippen LogP contribution in [0.15, 0.2) is 0 Å². The molecule has 0 aliphatic heterocycles. The van der Waals surface area contributed by atoms with Crippen LogP contribution in [0.5, 0.6) is 0 Å². The van der Waals surface area contributed by atoms with E-state index in [9.17, 15) is 9.59 Å². The van der Waals surface area contributed by atoms with Crippen molar-refractivity contribution in [1.29, 1.82) is 0 Å². The Bertz CT molecular complexity index is 319. The minimum atomic E-state index is -0.265. The summed E-state index contributed by atoms with van der Waals surface area (Å²) in [5.74, 6) is -0.475. The molecule has 0 spiro atoms. The van der Waals surface area contributed by atoms with Gasteiger partial charge in [0.1, 0.15) is 12.2 Å². The van der Waals surface area contributed by atoms with Gasteiger partial charge in [0.25, 0.3) is 0 Å². The van der Waals surface area contributed by atoms with E-state index in [1.807, 2.05) is 13.8 Å². The van der Waals surface area contributed by atoms with Crippen molar-refractivity contribution in [3.8, 4) is 0 Å². The van der Waals surface area contributed by atoms with Gasteiger partial charge >= 0.3 is 11.9 Å². The SMILES string of the molecule is CCCC(C)C(=O)OC1CCCCC1OC(=O)C(C)CCC. The van der Waals surface area contributed by atoms with Crippen LogP contribution in [0, 0.1) is 11.8 Å². The van der Waals surface area contributed by atoms with Gasteiger partial charge in [-0.15, -0.1) is 0 Å². The van der Waals surface area contributed by atoms with Crippen molar-refractivity contribution in [2.75, 3.05) is 0 Å². The van der Waals surface area contributed by atoms with Crippen LogP contribution in [0.3, 0.4) is 0 Å². The summed E-state index contributed by atoms with van der Waals surface area (Å²) < 4.78 is 11.3. The standard InChI is InChI=1S/C18H32O4/c1-5-9-13(3)17(19)21-15-11-7-8-12-16(15)22-18(20)14(4)10-6-2/h13-16H,5-12H2,1-4H3. The summed E-state index contributed by atoms with van der Waals surface area (Å²) in [5, 5.41) is 0. The van der Waals surface area contributed by atoms with E-state index >= 15 is 0 Å². The number of ether oxygens (including phenoxy) is 2. The van der Waals surface area contributed by atoms with Gasteiger partial charge in [0.05, 0.1) is 11.8 Å². The molecule has 0 amide bonds. The van der Waals surface area contributed by atoms with Gasteiger partial charge in [-0.2, -0.15) is 0 Å². The molecule has 0 N–H and O–H groups in total. The molecule has 0 radical (unpaired) electrons. The minimum absolute atomic E-state index is 0.0812. The van der Waals surface area contributed by atoms with Gasteiger partial charge in [0.15, 0.2) is 0 Å². The van der Waals surface area contributed by atoms with E-state index in [1.54, 1.807) is 0 Å². The van der Waals surface area contributed by atoms with Crippen molar-refractivity contribution in [2.45, 2.75) is 91.3 Å². The van der Waals surface area contributed by atoms with Gasteiger partial charge in [-0.25, -0.2) is 0 Å². The minimum Gasteiger partial charge on any atom is -0.458 e. The third kappa shape index (κ3) is 5.98. The van der Waals surface area contributed by atoms with Crippen molar-refractivity contribution in [1.82, 2.24) is 0 Å². The van der Waals surface area contributed by atoms with Gasteiger partial charge in [0.2, 0.25) is 0 Å². The molecule has 4 atom stereocenters. The molecule has 0 aromatic heterocycles. The summed E-state index contributed by atoms with van der Waals surface area (Å²) in [6.45, 7) is 7.92. The Kier molecular flexibility index (Phi) is 8.51. The van der Waals surface area contributed by atoms with Gasteiger partial charge in [-0.05, 0) is 38.5 Å². The molecule has 1 aliphatic carbocycles. The lowest BCUT2D eigenvalue weighted by Gasteiger charge is -2.32. The second-order valence-corrected chi connectivity index (χ2v) is 6.61. The second kappa shape index (κ2) is 9.86. The van der Waals surface area contributed by atoms with Gasteiger partial charge < -0.3 is 9.47 Å². The molecule has 4 nitrogen and oxygen atoms in total. The molecule has 4 heteroatoms. The fraction of sp³-hybridized carbons (Fsp3) is 0.889. The maximum absolute atomic E-state index is 12.1. The molecule has 0 heterocycles. The molecule has 22 heavy (non-hydrogen) atoms. The zero-order chi connectivity index (χ0) is 16.5. The molecule has 1 saturated carbocycles. The number of hydrogen-bond acceptors (Lipinski definition) is 4. The fourth-order valence-electron chi connectivity index (χ4n) is 2.96. The Morgan fingerprint density at radius 2 is 1.23 bits per heavy atom. The first-order valence-electron chi connectivity index (χ1n) is 8.90. The van der Waals surface area contributed by atoms with E-state index in [1.165, 1.54) is 0 Å². The van der Waals surface area contributed by atoms with Crippen LogP contribution in [-0.4, -0.2) is 24.1 Å². The number of carbonyl (C=O) groups excluding carboxylic acids is 2. The highest BCUT2D eigenvalue weighted by molar-refractivity contribution is 5.73. The van der Waals surface area contributed by atoms with Gasteiger partial charge in [-0.1, -0.05) is 40.5 Å². The monoisotopic (exact) mass is 312 g/mol. The quantitative estimate of drug-likeness (QED) is 0.628. The van der Waals surface area contributed by atoms with Crippen LogP contribution in [0.1, 0.15) is 79.1 Å². The second-order valence-electron chi connectivity index (χ2n) is 6.61. The van der Waals surface area contributed by atoms with Crippen molar-refractivity contribution >= 4 is 11.9 Å². The van der Waals surface area contributed by atoms with E-state index in [0.29, 0.717) is 0 Å². The zero-order valence-corrected chi connectivity index (χ0v) is 14.6. The van der Waals surface area contributed by atoms with Crippen LogP contribution in [0.25, 0.3) is 0 Å². The van der Waals surface area contributed by atoms with Crippen molar-refractivity contribution in [3.05, 3.63) is 0 Å². The molecule has 1 rings (SSSR count). The Morgan fingerprint density at radius 3 is 1.55 bits per heavy atom. The molecule has 0 aromatic rings. The third-order valence-electron chi connectivity index (χ3n) is 4.43. The first-order valence-corrected chi connectivity index (χ1v) is 8.90. The Morgan fingerprint density at radius 1 is 0.864 bits per heavy atom. The Hall–Kier alpha value is -1.06. The van der Waals surface area contributed by atoms with E-state index < -0.39 is 0 Å². The number of hydrogen-bond donors (Lipinski definition) is 0. The highest BCUT2D eigenvalue weighted by Crippen LogP contribution is 2.26. The van der Waals surface area contributed by atoms with Crippen molar-refractivity contribution in [3.63, 3.8) is 0 Å². The van der Waals surface area contributed by atoms with Crippen molar-refractivity contribution < 1.29 is 19.1 Å². The maximum Gasteiger partial charge on any atom is 0.309 e. The van der Waals surface area contributed by atoms with E-state index in [4.69, 9.17) is 9.47 Å². The largest absolute Gasteiger partial charge is 0.458 e. The average molecular weight is 312 g/mol. The highest BCUT2D eigenvalue weighted by atomic mass is 16.6. The van der Waals surface area contributed by atoms with E-state index in [0.717, 1.165) is 51.4 Å². The summed E-state index contributed by atoms with van der Waals surface area (Å²) in [6, 6.07) is 0. The van der Waals surface area contributed by atoms with Crippen LogP contribution >= 0.6 is 0 Å². The lowest BCUT2D eigenvalue weighted by Crippen LogP contribution is -2.39. The summed E-state index contributed by atoms with van der Waals surface area (Å²) in [5.41, 5.74) is 0. The van der Waals surface area contributed by atoms with E-state index in [-0.39, 0.29) is 36.0 Å². The summed E-state index contributed by atoms with van der Waals surface area (Å²) >= 11 is 0. The van der Waals surface area contributed by atoms with Gasteiger partial charge in [-0.3, -0.25) is 9.59 Å². The zero-order valence-electron chi connectivity index (χ0n) is 14.6. The van der Waals surface area contributed by atoms with E-state index in [2.05, 4.69) is 13.8 Å². The molecule has 0 saturated heterocycles. The fourth-order valence-corrected chi connectivity index (χ4v) is 2.96. The smallest absolute Gasteiger partial charge is 0.309 e. The maximum atomic E-state index is 12.1. The third-order valence-corrected chi connectivity index (χ3v) is 4.43. The first-order chi connectivity index (χ1) is 10.5. The van der Waals surface area contributed by atoms with Crippen LogP contribution in [0.4, 0.5) is 0 Å². The summed E-state index contributed by atoms with van der Waals surface area (Å²) in [7, 11) is 0. The summed E-state index contributed by atoms with van der Waals surface area (Å²) in [4.78, 5) is 24.2. The first kappa shape index (κ1) is 19.0. The lowest BCUT2D eigenvalue weighted by molar-refractivity contribution is -0.176. The van der Waals surface area contributed by atoms with Crippen LogP contribution in [-0.2, 0) is 19.1 Å². The predicted octanol–water partition coefficient (Wildman–Crippen LogP) is 4.26. The molecule has 0 aromatic carbocycles. The molecule has 4 unspecified atom stereocenters. The molecular weight excluding hydrogens is 280 g/mol. The normalized spacial score (nSPS) is 24.4. The molecular formula is C18H32O4. The molecule has 0 bridgehead atoms. The lowest BCUT2D eigenvalue weighted by atomic mass is 9.94. The van der Waals surface area contributed by atoms with Gasteiger partial charge in [0, 0.05) is 0 Å². The Balaban J connectivity index is 2.56. The predicted molar refractivity (Wildman–Crippen MR) is 86.4 cm³/mol. The van der Waals surface area contributed by atoms with Crippen LogP contribution in [0.2, 0.25) is 0 Å². The number of rotatable bonds is 8. The molecule has 1 fully saturated rings. The Labute approximate surface area is 134 Å². The molecule has 1 aliphatic rings. The molecule has 128 valence electrons. The van der Waals surface area contributed by atoms with Crippen LogP contribution < -0.4 is 0 Å². The average Bonchev–Trinajstić information content (AvgIpc) is 2.49. The van der Waals surface area contributed by atoms with Crippen molar-refractivity contribution in [2.24, 2.45) is 11.8 Å². The topological polar surface area (TPSA) is 52.6 Å². The summed E-state index contributed by atoms with van der Waals surface area (Å²) in [6.07, 6.45) is 6.72.